The highest BCUT2D eigenvalue weighted by atomic mass is 35.5. The SMILES string of the molecule is COc1ccc2c(c1)C(NC(=O)COc1ccc(Cl)c(C)c1)CC(C)(C)O2. The highest BCUT2D eigenvalue weighted by Crippen LogP contribution is 2.41. The summed E-state index contributed by atoms with van der Waals surface area (Å²) in [4.78, 5) is 12.5. The van der Waals surface area contributed by atoms with Crippen molar-refractivity contribution in [2.24, 2.45) is 0 Å². The molecule has 144 valence electrons. The molecule has 0 aliphatic carbocycles. The monoisotopic (exact) mass is 389 g/mol. The number of benzene rings is 2. The van der Waals surface area contributed by atoms with Gasteiger partial charge in [-0.3, -0.25) is 4.79 Å². The number of halogens is 1. The molecule has 1 aliphatic heterocycles. The fourth-order valence-electron chi connectivity index (χ4n) is 3.18. The van der Waals surface area contributed by atoms with Gasteiger partial charge in [0, 0.05) is 17.0 Å². The lowest BCUT2D eigenvalue weighted by molar-refractivity contribution is -0.124. The van der Waals surface area contributed by atoms with Crippen LogP contribution in [0.5, 0.6) is 17.2 Å². The van der Waals surface area contributed by atoms with E-state index in [0.717, 1.165) is 22.6 Å². The van der Waals surface area contributed by atoms with Crippen molar-refractivity contribution in [3.05, 3.63) is 52.5 Å². The van der Waals surface area contributed by atoms with Crippen molar-refractivity contribution in [3.8, 4) is 17.2 Å². The number of hydrogen-bond acceptors (Lipinski definition) is 4. The summed E-state index contributed by atoms with van der Waals surface area (Å²) in [6, 6.07) is 10.8. The maximum absolute atomic E-state index is 12.5. The Bertz CT molecular complexity index is 850. The first kappa shape index (κ1) is 19.4. The largest absolute Gasteiger partial charge is 0.497 e. The normalized spacial score (nSPS) is 17.4. The maximum atomic E-state index is 12.5. The number of methoxy groups -OCH3 is 1. The fraction of sp³-hybridized carbons (Fsp3) is 0.381. The molecule has 0 radical (unpaired) electrons. The van der Waals surface area contributed by atoms with Crippen LogP contribution in [0.1, 0.15) is 37.4 Å². The van der Waals surface area contributed by atoms with Crippen molar-refractivity contribution in [1.82, 2.24) is 5.32 Å². The predicted octanol–water partition coefficient (Wildman–Crippen LogP) is 4.45. The van der Waals surface area contributed by atoms with Crippen LogP contribution in [-0.4, -0.2) is 25.2 Å². The molecule has 0 bridgehead atoms. The molecule has 1 heterocycles. The number of hydrogen-bond donors (Lipinski definition) is 1. The Morgan fingerprint density at radius 1 is 1.26 bits per heavy atom. The molecule has 2 aromatic carbocycles. The Kier molecular flexibility index (Phi) is 5.51. The molecule has 1 amide bonds. The van der Waals surface area contributed by atoms with E-state index in [9.17, 15) is 4.79 Å². The molecule has 0 saturated heterocycles. The molecule has 0 spiro atoms. The molecule has 27 heavy (non-hydrogen) atoms. The highest BCUT2D eigenvalue weighted by molar-refractivity contribution is 6.31. The third kappa shape index (κ3) is 4.66. The van der Waals surface area contributed by atoms with Crippen LogP contribution < -0.4 is 19.5 Å². The molecular formula is C21H24ClNO4. The Morgan fingerprint density at radius 2 is 2.00 bits per heavy atom. The first-order chi connectivity index (χ1) is 12.8. The van der Waals surface area contributed by atoms with Gasteiger partial charge in [0.15, 0.2) is 6.61 Å². The first-order valence-electron chi connectivity index (χ1n) is 8.83. The number of aryl methyl sites for hydroxylation is 1. The number of carbonyl (C=O) groups is 1. The zero-order chi connectivity index (χ0) is 19.6. The maximum Gasteiger partial charge on any atom is 0.258 e. The van der Waals surface area contributed by atoms with Gasteiger partial charge in [-0.05, 0) is 62.7 Å². The van der Waals surface area contributed by atoms with Crippen molar-refractivity contribution in [1.29, 1.82) is 0 Å². The smallest absolute Gasteiger partial charge is 0.258 e. The Hall–Kier alpha value is -2.40. The lowest BCUT2D eigenvalue weighted by Crippen LogP contribution is -2.42. The van der Waals surface area contributed by atoms with Gasteiger partial charge >= 0.3 is 0 Å². The van der Waals surface area contributed by atoms with Gasteiger partial charge in [-0.15, -0.1) is 0 Å². The van der Waals surface area contributed by atoms with Crippen LogP contribution in [0.4, 0.5) is 0 Å². The zero-order valence-electron chi connectivity index (χ0n) is 16.0. The van der Waals surface area contributed by atoms with E-state index in [1.54, 1.807) is 19.2 Å². The highest BCUT2D eigenvalue weighted by Gasteiger charge is 2.34. The topological polar surface area (TPSA) is 56.8 Å². The molecule has 1 aliphatic rings. The van der Waals surface area contributed by atoms with Gasteiger partial charge < -0.3 is 19.5 Å². The summed E-state index contributed by atoms with van der Waals surface area (Å²) >= 11 is 6.01. The number of ether oxygens (including phenoxy) is 3. The van der Waals surface area contributed by atoms with Gasteiger partial charge in [0.25, 0.3) is 5.91 Å². The standard InChI is InChI=1S/C21H24ClNO4/c1-13-9-15(5-7-17(13)22)26-12-20(24)23-18-11-21(2,3)27-19-8-6-14(25-4)10-16(18)19/h5-10,18H,11-12H2,1-4H3,(H,23,24). The van der Waals surface area contributed by atoms with Crippen molar-refractivity contribution in [3.63, 3.8) is 0 Å². The number of rotatable bonds is 5. The lowest BCUT2D eigenvalue weighted by atomic mass is 9.89. The number of nitrogens with one attached hydrogen (secondary N) is 1. The van der Waals surface area contributed by atoms with Crippen molar-refractivity contribution >= 4 is 17.5 Å². The Morgan fingerprint density at radius 3 is 2.70 bits per heavy atom. The molecule has 0 saturated carbocycles. The molecule has 2 aromatic rings. The number of amides is 1. The van der Waals surface area contributed by atoms with Crippen LogP contribution in [0.25, 0.3) is 0 Å². The van der Waals surface area contributed by atoms with Gasteiger partial charge in [0.1, 0.15) is 22.8 Å². The van der Waals surface area contributed by atoms with Gasteiger partial charge in [-0.1, -0.05) is 11.6 Å². The molecule has 1 unspecified atom stereocenters. The van der Waals surface area contributed by atoms with Crippen LogP contribution in [0.3, 0.4) is 0 Å². The molecule has 0 aromatic heterocycles. The summed E-state index contributed by atoms with van der Waals surface area (Å²) in [5.41, 5.74) is 1.43. The fourth-order valence-corrected chi connectivity index (χ4v) is 3.30. The van der Waals surface area contributed by atoms with Gasteiger partial charge in [-0.2, -0.15) is 0 Å². The second-order valence-corrected chi connectivity index (χ2v) is 7.70. The number of carbonyl (C=O) groups excluding carboxylic acids is 1. The van der Waals surface area contributed by atoms with E-state index >= 15 is 0 Å². The minimum atomic E-state index is -0.381. The zero-order valence-corrected chi connectivity index (χ0v) is 16.7. The average molecular weight is 390 g/mol. The molecule has 6 heteroatoms. The second kappa shape index (κ2) is 7.69. The summed E-state index contributed by atoms with van der Waals surface area (Å²) in [6.45, 7) is 5.83. The molecular weight excluding hydrogens is 366 g/mol. The van der Waals surface area contributed by atoms with Crippen molar-refractivity contribution < 1.29 is 19.0 Å². The number of fused-ring (bicyclic) bond motifs is 1. The van der Waals surface area contributed by atoms with E-state index in [2.05, 4.69) is 5.32 Å². The molecule has 3 rings (SSSR count). The van der Waals surface area contributed by atoms with Crippen LogP contribution in [0.15, 0.2) is 36.4 Å². The van der Waals surface area contributed by atoms with Crippen LogP contribution in [-0.2, 0) is 4.79 Å². The predicted molar refractivity (Wildman–Crippen MR) is 105 cm³/mol. The van der Waals surface area contributed by atoms with Crippen molar-refractivity contribution in [2.45, 2.75) is 38.8 Å². The van der Waals surface area contributed by atoms with Gasteiger partial charge in [0.2, 0.25) is 0 Å². The summed E-state index contributed by atoms with van der Waals surface area (Å²) in [6.07, 6.45) is 0.652. The lowest BCUT2D eigenvalue weighted by Gasteiger charge is -2.38. The van der Waals surface area contributed by atoms with Gasteiger partial charge in [0.05, 0.1) is 13.2 Å². The van der Waals surface area contributed by atoms with Crippen LogP contribution in [0.2, 0.25) is 5.02 Å². The molecule has 5 nitrogen and oxygen atoms in total. The van der Waals surface area contributed by atoms with E-state index in [0.29, 0.717) is 17.2 Å². The minimum absolute atomic E-state index is 0.0713. The first-order valence-corrected chi connectivity index (χ1v) is 9.20. The van der Waals surface area contributed by atoms with E-state index in [-0.39, 0.29) is 24.2 Å². The molecule has 1 N–H and O–H groups in total. The van der Waals surface area contributed by atoms with E-state index in [1.807, 2.05) is 45.0 Å². The quantitative estimate of drug-likeness (QED) is 0.820. The van der Waals surface area contributed by atoms with Crippen LogP contribution >= 0.6 is 11.6 Å². The summed E-state index contributed by atoms with van der Waals surface area (Å²) < 4.78 is 16.9. The van der Waals surface area contributed by atoms with E-state index in [4.69, 9.17) is 25.8 Å². The third-order valence-corrected chi connectivity index (χ3v) is 4.93. The molecule has 0 fully saturated rings. The minimum Gasteiger partial charge on any atom is -0.497 e. The van der Waals surface area contributed by atoms with E-state index in [1.165, 1.54) is 0 Å². The third-order valence-electron chi connectivity index (χ3n) is 4.51. The van der Waals surface area contributed by atoms with Gasteiger partial charge in [-0.25, -0.2) is 0 Å². The Labute approximate surface area is 164 Å². The van der Waals surface area contributed by atoms with Crippen molar-refractivity contribution in [2.75, 3.05) is 13.7 Å². The second-order valence-electron chi connectivity index (χ2n) is 7.29. The Balaban J connectivity index is 1.70. The van der Waals surface area contributed by atoms with E-state index < -0.39 is 0 Å². The van der Waals surface area contributed by atoms with Crippen LogP contribution in [0, 0.1) is 6.92 Å². The summed E-state index contributed by atoms with van der Waals surface area (Å²) in [5, 5.41) is 3.72. The average Bonchev–Trinajstić information content (AvgIpc) is 2.61. The summed E-state index contributed by atoms with van der Waals surface area (Å²) in [5.74, 6) is 1.90. The molecule has 1 atom stereocenters. The summed E-state index contributed by atoms with van der Waals surface area (Å²) in [7, 11) is 1.62.